The van der Waals surface area contributed by atoms with Crippen LogP contribution in [-0.2, 0) is 16.7 Å². The van der Waals surface area contributed by atoms with Crippen molar-refractivity contribution in [1.29, 1.82) is 0 Å². The molecule has 0 bridgehead atoms. The zero-order chi connectivity index (χ0) is 34.7. The molecule has 1 unspecified atom stereocenters. The predicted octanol–water partition coefficient (Wildman–Crippen LogP) is 4.70. The van der Waals surface area contributed by atoms with E-state index in [0.717, 1.165) is 93.3 Å². The van der Waals surface area contributed by atoms with Crippen LogP contribution in [0.2, 0.25) is 0 Å². The van der Waals surface area contributed by atoms with E-state index in [9.17, 15) is 4.79 Å². The molecule has 3 aromatic carbocycles. The molecule has 51 heavy (non-hydrogen) atoms. The smallest absolute Gasteiger partial charge is 0.254 e. The lowest BCUT2D eigenvalue weighted by Crippen LogP contribution is -2.39. The first kappa shape index (κ1) is 36.2. The Hall–Kier alpha value is -4.65. The third-order valence-electron chi connectivity index (χ3n) is 10.4. The Balaban J connectivity index is 0.00000448. The fourth-order valence-corrected chi connectivity index (χ4v) is 7.59. The van der Waals surface area contributed by atoms with Crippen LogP contribution >= 0.6 is 0 Å². The molecule has 2 aliphatic heterocycles. The number of nitrogens with zero attached hydrogens (tertiary/aromatic N) is 9. The Labute approximate surface area is 300 Å². The summed E-state index contributed by atoms with van der Waals surface area (Å²) in [4.78, 5) is 26.3. The molecular formula is C39H51N9O3. The second kappa shape index (κ2) is 15.3. The van der Waals surface area contributed by atoms with Crippen LogP contribution in [0.25, 0.3) is 16.7 Å². The van der Waals surface area contributed by atoms with E-state index in [1.165, 1.54) is 5.56 Å². The van der Waals surface area contributed by atoms with Crippen molar-refractivity contribution < 1.29 is 15.0 Å². The van der Waals surface area contributed by atoms with Crippen LogP contribution in [0, 0.1) is 6.92 Å². The number of benzene rings is 3. The standard InChI is InChI=1S/C39H49N9O2.H2O/c1-30-15-16-32(48-29-40-42-43-48)27-33(30)36(49)46-22-18-39(28-46,31-11-6-5-7-12-31)17-21-44-19-10-20-45(24-23-44)37-41-34-13-8-9-14-35(34)47(37)25-26-50-38(2,3)4;/h5-9,11-16,27,29H,10,17-26,28H2,1-4H3;1H2. The maximum Gasteiger partial charge on any atom is 0.254 e. The van der Waals surface area contributed by atoms with Gasteiger partial charge in [0.1, 0.15) is 6.33 Å². The van der Waals surface area contributed by atoms with Crippen LogP contribution in [-0.4, -0.2) is 109 Å². The molecule has 4 heterocycles. The van der Waals surface area contributed by atoms with E-state index in [1.807, 2.05) is 25.1 Å². The average Bonchev–Trinajstić information content (AvgIpc) is 3.85. The number of ether oxygens (including phenoxy) is 1. The van der Waals surface area contributed by atoms with Crippen molar-refractivity contribution >= 4 is 22.9 Å². The molecule has 2 aliphatic rings. The number of fused-ring (bicyclic) bond motifs is 1. The van der Waals surface area contributed by atoms with Gasteiger partial charge in [0.05, 0.1) is 28.9 Å². The number of carbonyl (C=O) groups is 1. The van der Waals surface area contributed by atoms with Gasteiger partial charge in [0.25, 0.3) is 5.91 Å². The highest BCUT2D eigenvalue weighted by atomic mass is 16.5. The SMILES string of the molecule is Cc1ccc(-n2cnnn2)cc1C(=O)N1CCC(CCN2CCCN(c3nc4ccccc4n3CCOC(C)(C)C)CC2)(c2ccccc2)C1.O. The number of aryl methyl sites for hydroxylation is 1. The Kier molecular flexibility index (Phi) is 10.8. The molecule has 0 aliphatic carbocycles. The molecule has 270 valence electrons. The molecule has 7 rings (SSSR count). The lowest BCUT2D eigenvalue weighted by Gasteiger charge is -2.33. The zero-order valence-corrected chi connectivity index (χ0v) is 30.3. The maximum atomic E-state index is 14.1. The van der Waals surface area contributed by atoms with Gasteiger partial charge in [-0.3, -0.25) is 4.79 Å². The van der Waals surface area contributed by atoms with Crippen molar-refractivity contribution in [3.05, 3.63) is 95.8 Å². The minimum absolute atomic E-state index is 0. The average molecular weight is 694 g/mol. The van der Waals surface area contributed by atoms with Gasteiger partial charge in [0.15, 0.2) is 0 Å². The number of anilines is 1. The van der Waals surface area contributed by atoms with Gasteiger partial charge in [-0.2, -0.15) is 0 Å². The van der Waals surface area contributed by atoms with Gasteiger partial charge >= 0.3 is 0 Å². The summed E-state index contributed by atoms with van der Waals surface area (Å²) in [6.07, 6.45) is 4.56. The first-order valence-corrected chi connectivity index (χ1v) is 17.9. The monoisotopic (exact) mass is 693 g/mol. The van der Waals surface area contributed by atoms with E-state index < -0.39 is 0 Å². The number of carbonyl (C=O) groups excluding carboxylic acids is 1. The molecule has 0 spiro atoms. The first-order chi connectivity index (χ1) is 24.2. The minimum Gasteiger partial charge on any atom is -0.412 e. The van der Waals surface area contributed by atoms with E-state index in [2.05, 4.69) is 110 Å². The van der Waals surface area contributed by atoms with Gasteiger partial charge in [0, 0.05) is 50.2 Å². The second-order valence-electron chi connectivity index (χ2n) is 14.8. The van der Waals surface area contributed by atoms with Gasteiger partial charge in [-0.25, -0.2) is 9.67 Å². The Morgan fingerprint density at radius 1 is 0.922 bits per heavy atom. The third-order valence-corrected chi connectivity index (χ3v) is 10.4. The summed E-state index contributed by atoms with van der Waals surface area (Å²) >= 11 is 0. The number of aromatic nitrogens is 6. The number of para-hydroxylation sites is 2. The quantitative estimate of drug-likeness (QED) is 0.206. The summed E-state index contributed by atoms with van der Waals surface area (Å²) < 4.78 is 10.1. The second-order valence-corrected chi connectivity index (χ2v) is 14.8. The van der Waals surface area contributed by atoms with Crippen LogP contribution in [0.5, 0.6) is 0 Å². The van der Waals surface area contributed by atoms with Crippen molar-refractivity contribution in [1.82, 2.24) is 39.6 Å². The first-order valence-electron chi connectivity index (χ1n) is 17.9. The number of imidazole rings is 1. The van der Waals surface area contributed by atoms with Crippen molar-refractivity contribution in [2.45, 2.75) is 64.5 Å². The van der Waals surface area contributed by atoms with E-state index in [4.69, 9.17) is 9.72 Å². The molecule has 12 heteroatoms. The number of hydrogen-bond acceptors (Lipinski definition) is 8. The third kappa shape index (κ3) is 7.98. The summed E-state index contributed by atoms with van der Waals surface area (Å²) in [5.74, 6) is 1.10. The van der Waals surface area contributed by atoms with Crippen LogP contribution in [0.4, 0.5) is 5.95 Å². The summed E-state index contributed by atoms with van der Waals surface area (Å²) in [6, 6.07) is 25.1. The Bertz CT molecular complexity index is 1900. The normalized spacial score (nSPS) is 18.6. The zero-order valence-electron chi connectivity index (χ0n) is 30.3. The van der Waals surface area contributed by atoms with Crippen molar-refractivity contribution in [2.75, 3.05) is 57.3 Å². The molecule has 1 atom stereocenters. The lowest BCUT2D eigenvalue weighted by molar-refractivity contribution is -0.00639. The number of likely N-dealkylation sites (tertiary alicyclic amines) is 1. The van der Waals surface area contributed by atoms with Gasteiger partial charge < -0.3 is 29.5 Å². The fraction of sp³-hybridized carbons (Fsp3) is 0.462. The molecule has 2 aromatic heterocycles. The fourth-order valence-electron chi connectivity index (χ4n) is 7.59. The number of hydrogen-bond donors (Lipinski definition) is 0. The van der Waals surface area contributed by atoms with Crippen LogP contribution in [0.1, 0.15) is 61.5 Å². The summed E-state index contributed by atoms with van der Waals surface area (Å²) in [7, 11) is 0. The molecule has 12 nitrogen and oxygen atoms in total. The van der Waals surface area contributed by atoms with E-state index in [0.29, 0.717) is 18.7 Å². The molecular weight excluding hydrogens is 642 g/mol. The van der Waals surface area contributed by atoms with E-state index in [1.54, 1.807) is 11.0 Å². The topological polar surface area (TPSA) is 129 Å². The molecule has 5 aromatic rings. The summed E-state index contributed by atoms with van der Waals surface area (Å²) in [5.41, 5.74) is 5.65. The van der Waals surface area contributed by atoms with Gasteiger partial charge in [0.2, 0.25) is 5.95 Å². The number of tetrazole rings is 1. The highest BCUT2D eigenvalue weighted by Crippen LogP contribution is 2.39. The maximum absolute atomic E-state index is 14.1. The van der Waals surface area contributed by atoms with Crippen LogP contribution < -0.4 is 4.90 Å². The van der Waals surface area contributed by atoms with Crippen molar-refractivity contribution in [2.24, 2.45) is 0 Å². The minimum atomic E-state index is -0.180. The largest absolute Gasteiger partial charge is 0.412 e. The van der Waals surface area contributed by atoms with E-state index in [-0.39, 0.29) is 22.4 Å². The number of amides is 1. The molecule has 0 saturated carbocycles. The lowest BCUT2D eigenvalue weighted by atomic mass is 9.76. The Morgan fingerprint density at radius 3 is 2.51 bits per heavy atom. The molecule has 1 amide bonds. The molecule has 0 radical (unpaired) electrons. The molecule has 2 fully saturated rings. The molecule has 2 saturated heterocycles. The van der Waals surface area contributed by atoms with Gasteiger partial charge in [-0.15, -0.1) is 5.10 Å². The van der Waals surface area contributed by atoms with Crippen molar-refractivity contribution in [3.63, 3.8) is 0 Å². The number of rotatable bonds is 10. The Morgan fingerprint density at radius 2 is 1.73 bits per heavy atom. The van der Waals surface area contributed by atoms with Crippen LogP contribution in [0.15, 0.2) is 79.1 Å². The highest BCUT2D eigenvalue weighted by molar-refractivity contribution is 5.96. The van der Waals surface area contributed by atoms with E-state index >= 15 is 0 Å². The van der Waals surface area contributed by atoms with Gasteiger partial charge in [-0.05, 0) is 106 Å². The van der Waals surface area contributed by atoms with Crippen LogP contribution in [0.3, 0.4) is 0 Å². The van der Waals surface area contributed by atoms with Gasteiger partial charge in [-0.1, -0.05) is 48.5 Å². The van der Waals surface area contributed by atoms with Crippen molar-refractivity contribution in [3.8, 4) is 5.69 Å². The summed E-state index contributed by atoms with van der Waals surface area (Å²) in [6.45, 7) is 16.0. The predicted molar refractivity (Wildman–Crippen MR) is 199 cm³/mol. The summed E-state index contributed by atoms with van der Waals surface area (Å²) in [5, 5.41) is 11.5. The molecule has 2 N–H and O–H groups in total. The highest BCUT2D eigenvalue weighted by Gasteiger charge is 2.42.